The summed E-state index contributed by atoms with van der Waals surface area (Å²) in [5.41, 5.74) is 4.21. The third kappa shape index (κ3) is 5.60. The van der Waals surface area contributed by atoms with Crippen LogP contribution in [0, 0.1) is 0 Å². The van der Waals surface area contributed by atoms with E-state index in [2.05, 4.69) is 35.6 Å². The maximum atomic E-state index is 5.56. The Morgan fingerprint density at radius 1 is 1.33 bits per heavy atom. The molecule has 0 spiro atoms. The Hall–Kier alpha value is -0.790. The zero-order valence-electron chi connectivity index (χ0n) is 9.17. The quantitative estimate of drug-likeness (QED) is 0.730. The lowest BCUT2D eigenvalue weighted by Crippen LogP contribution is -2.17. The second kappa shape index (κ2) is 7.49. The van der Waals surface area contributed by atoms with E-state index >= 15 is 0 Å². The summed E-state index contributed by atoms with van der Waals surface area (Å²) in [6.07, 6.45) is 2.30. The van der Waals surface area contributed by atoms with Crippen LogP contribution in [0.2, 0.25) is 0 Å². The molecule has 0 bridgehead atoms. The summed E-state index contributed by atoms with van der Waals surface area (Å²) < 4.78 is 0. The van der Waals surface area contributed by atoms with E-state index in [1.54, 1.807) is 5.54 Å². The third-order valence-corrected chi connectivity index (χ3v) is 2.62. The SMILES string of the molecule is C/C(=C/Cl)CNCCCc1ccccc1. The van der Waals surface area contributed by atoms with Crippen LogP contribution in [0.25, 0.3) is 0 Å². The number of hydrogen-bond acceptors (Lipinski definition) is 1. The van der Waals surface area contributed by atoms with Gasteiger partial charge in [-0.15, -0.1) is 0 Å². The van der Waals surface area contributed by atoms with E-state index in [4.69, 9.17) is 11.6 Å². The Bertz CT molecular complexity index is 293. The normalized spacial score (nSPS) is 11.7. The molecule has 15 heavy (non-hydrogen) atoms. The molecule has 1 N–H and O–H groups in total. The first-order valence-corrected chi connectivity index (χ1v) is 5.77. The van der Waals surface area contributed by atoms with Gasteiger partial charge in [0.05, 0.1) is 0 Å². The molecule has 0 unspecified atom stereocenters. The number of nitrogens with one attached hydrogen (secondary N) is 1. The van der Waals surface area contributed by atoms with Gasteiger partial charge in [0.1, 0.15) is 0 Å². The summed E-state index contributed by atoms with van der Waals surface area (Å²) in [7, 11) is 0. The molecule has 0 radical (unpaired) electrons. The van der Waals surface area contributed by atoms with E-state index in [1.807, 2.05) is 6.92 Å². The largest absolute Gasteiger partial charge is 0.313 e. The molecule has 0 atom stereocenters. The zero-order chi connectivity index (χ0) is 10.9. The van der Waals surface area contributed by atoms with Gasteiger partial charge in [0.2, 0.25) is 0 Å². The van der Waals surface area contributed by atoms with Gasteiger partial charge in [-0.3, -0.25) is 0 Å². The predicted octanol–water partition coefficient (Wildman–Crippen LogP) is 3.35. The molecule has 0 aromatic heterocycles. The number of aryl methyl sites for hydroxylation is 1. The lowest BCUT2D eigenvalue weighted by Gasteiger charge is -2.04. The van der Waals surface area contributed by atoms with Crippen molar-refractivity contribution in [3.63, 3.8) is 0 Å². The zero-order valence-corrected chi connectivity index (χ0v) is 9.93. The fraction of sp³-hybridized carbons (Fsp3) is 0.385. The Morgan fingerprint density at radius 2 is 2.07 bits per heavy atom. The molecule has 0 fully saturated rings. The highest BCUT2D eigenvalue weighted by atomic mass is 35.5. The number of halogens is 1. The smallest absolute Gasteiger partial charge is 0.0173 e. The molecular formula is C13H18ClN. The van der Waals surface area contributed by atoms with E-state index in [9.17, 15) is 0 Å². The average Bonchev–Trinajstić information content (AvgIpc) is 2.29. The van der Waals surface area contributed by atoms with Crippen molar-refractivity contribution in [2.45, 2.75) is 19.8 Å². The van der Waals surface area contributed by atoms with Gasteiger partial charge in [-0.1, -0.05) is 41.9 Å². The van der Waals surface area contributed by atoms with Crippen LogP contribution in [-0.2, 0) is 6.42 Å². The first-order chi connectivity index (χ1) is 7.33. The summed E-state index contributed by atoms with van der Waals surface area (Å²) in [5, 5.41) is 3.35. The minimum absolute atomic E-state index is 0.887. The number of rotatable bonds is 6. The molecule has 1 aromatic rings. The van der Waals surface area contributed by atoms with Gasteiger partial charge in [0.15, 0.2) is 0 Å². The fourth-order valence-corrected chi connectivity index (χ4v) is 1.46. The molecular weight excluding hydrogens is 206 g/mol. The van der Waals surface area contributed by atoms with Gasteiger partial charge in [0.25, 0.3) is 0 Å². The van der Waals surface area contributed by atoms with E-state index in [1.165, 1.54) is 17.6 Å². The maximum absolute atomic E-state index is 5.56. The minimum atomic E-state index is 0.887. The topological polar surface area (TPSA) is 12.0 Å². The van der Waals surface area contributed by atoms with E-state index in [0.717, 1.165) is 19.5 Å². The summed E-state index contributed by atoms with van der Waals surface area (Å²) in [6.45, 7) is 3.95. The molecule has 2 heteroatoms. The van der Waals surface area contributed by atoms with Gasteiger partial charge in [-0.25, -0.2) is 0 Å². The highest BCUT2D eigenvalue weighted by Crippen LogP contribution is 2.01. The number of benzene rings is 1. The lowest BCUT2D eigenvalue weighted by atomic mass is 10.1. The van der Waals surface area contributed by atoms with Gasteiger partial charge in [0, 0.05) is 12.1 Å². The molecule has 0 saturated heterocycles. The van der Waals surface area contributed by atoms with Gasteiger partial charge in [-0.2, -0.15) is 0 Å². The van der Waals surface area contributed by atoms with Crippen LogP contribution >= 0.6 is 11.6 Å². The van der Waals surface area contributed by atoms with Crippen molar-refractivity contribution in [1.29, 1.82) is 0 Å². The third-order valence-electron chi connectivity index (χ3n) is 2.25. The standard InChI is InChI=1S/C13H18ClN/c1-12(10-14)11-15-9-5-8-13-6-3-2-4-7-13/h2-4,6-7,10,15H,5,8-9,11H2,1H3/b12-10-. The molecule has 1 rings (SSSR count). The van der Waals surface area contributed by atoms with Crippen LogP contribution < -0.4 is 5.32 Å². The average molecular weight is 224 g/mol. The highest BCUT2D eigenvalue weighted by Gasteiger charge is 1.92. The Labute approximate surface area is 97.1 Å². The summed E-state index contributed by atoms with van der Waals surface area (Å²) in [5.74, 6) is 0. The van der Waals surface area contributed by atoms with E-state index < -0.39 is 0 Å². The van der Waals surface area contributed by atoms with Gasteiger partial charge < -0.3 is 5.32 Å². The van der Waals surface area contributed by atoms with Crippen molar-refractivity contribution in [3.8, 4) is 0 Å². The second-order valence-corrected chi connectivity index (χ2v) is 3.94. The van der Waals surface area contributed by atoms with Crippen molar-refractivity contribution in [1.82, 2.24) is 5.32 Å². The fourth-order valence-electron chi connectivity index (χ4n) is 1.39. The summed E-state index contributed by atoms with van der Waals surface area (Å²) in [6, 6.07) is 10.6. The van der Waals surface area contributed by atoms with Gasteiger partial charge >= 0.3 is 0 Å². The van der Waals surface area contributed by atoms with Crippen molar-refractivity contribution in [2.75, 3.05) is 13.1 Å². The van der Waals surface area contributed by atoms with Crippen LogP contribution in [0.4, 0.5) is 0 Å². The van der Waals surface area contributed by atoms with Crippen LogP contribution in [0.3, 0.4) is 0 Å². The maximum Gasteiger partial charge on any atom is 0.0173 e. The monoisotopic (exact) mass is 223 g/mol. The van der Waals surface area contributed by atoms with Crippen LogP contribution in [0.1, 0.15) is 18.9 Å². The van der Waals surface area contributed by atoms with Crippen molar-refractivity contribution >= 4 is 11.6 Å². The van der Waals surface area contributed by atoms with Gasteiger partial charge in [-0.05, 0) is 37.4 Å². The first-order valence-electron chi connectivity index (χ1n) is 5.33. The Morgan fingerprint density at radius 3 is 2.73 bits per heavy atom. The Kier molecular flexibility index (Phi) is 6.14. The van der Waals surface area contributed by atoms with Crippen LogP contribution in [0.15, 0.2) is 41.4 Å². The van der Waals surface area contributed by atoms with Crippen molar-refractivity contribution < 1.29 is 0 Å². The summed E-state index contributed by atoms with van der Waals surface area (Å²) in [4.78, 5) is 0. The predicted molar refractivity (Wildman–Crippen MR) is 67.2 cm³/mol. The molecule has 82 valence electrons. The van der Waals surface area contributed by atoms with Crippen molar-refractivity contribution in [3.05, 3.63) is 47.0 Å². The van der Waals surface area contributed by atoms with Crippen LogP contribution in [0.5, 0.6) is 0 Å². The van der Waals surface area contributed by atoms with E-state index in [0.29, 0.717) is 0 Å². The minimum Gasteiger partial charge on any atom is -0.313 e. The van der Waals surface area contributed by atoms with Crippen LogP contribution in [-0.4, -0.2) is 13.1 Å². The molecule has 0 aliphatic rings. The molecule has 0 heterocycles. The summed E-state index contributed by atoms with van der Waals surface area (Å²) >= 11 is 5.56. The molecule has 0 amide bonds. The Balaban J connectivity index is 2.08. The highest BCUT2D eigenvalue weighted by molar-refractivity contribution is 6.25. The number of hydrogen-bond donors (Lipinski definition) is 1. The second-order valence-electron chi connectivity index (χ2n) is 3.72. The lowest BCUT2D eigenvalue weighted by molar-refractivity contribution is 0.681. The molecule has 0 aliphatic heterocycles. The molecule has 0 saturated carbocycles. The molecule has 0 aliphatic carbocycles. The molecule has 1 nitrogen and oxygen atoms in total. The van der Waals surface area contributed by atoms with E-state index in [-0.39, 0.29) is 0 Å². The molecule has 1 aromatic carbocycles. The first kappa shape index (κ1) is 12.3. The van der Waals surface area contributed by atoms with Crippen molar-refractivity contribution in [2.24, 2.45) is 0 Å².